The van der Waals surface area contributed by atoms with Crippen molar-refractivity contribution < 1.29 is 9.90 Å². The number of aliphatic carboxylic acids is 1. The van der Waals surface area contributed by atoms with E-state index >= 15 is 0 Å². The van der Waals surface area contributed by atoms with Gasteiger partial charge in [0.1, 0.15) is 20.0 Å². The van der Waals surface area contributed by atoms with E-state index < -0.39 is 5.97 Å². The summed E-state index contributed by atoms with van der Waals surface area (Å²) >= 11 is 0. The predicted octanol–water partition coefficient (Wildman–Crippen LogP) is 0.517. The van der Waals surface area contributed by atoms with E-state index in [-0.39, 0.29) is 6.42 Å². The van der Waals surface area contributed by atoms with Crippen LogP contribution < -0.4 is 10.8 Å². The molecule has 0 fully saturated rings. The topological polar surface area (TPSA) is 104 Å². The van der Waals surface area contributed by atoms with Gasteiger partial charge in [-0.3, -0.25) is 9.89 Å². The van der Waals surface area contributed by atoms with E-state index in [1.165, 1.54) is 6.33 Å². The van der Waals surface area contributed by atoms with Crippen molar-refractivity contribution in [2.24, 2.45) is 0 Å². The molecule has 2 heterocycles. The number of aromatic nitrogens is 4. The van der Waals surface area contributed by atoms with Crippen LogP contribution in [-0.2, 0) is 11.2 Å². The molecule has 0 bridgehead atoms. The summed E-state index contributed by atoms with van der Waals surface area (Å²) in [4.78, 5) is 19.0. The lowest BCUT2D eigenvalue weighted by atomic mass is 9.95. The van der Waals surface area contributed by atoms with Gasteiger partial charge in [0, 0.05) is 17.1 Å². The van der Waals surface area contributed by atoms with Crippen LogP contribution in [0, 0.1) is 0 Å². The Morgan fingerprint density at radius 3 is 3.00 bits per heavy atom. The third-order valence-electron chi connectivity index (χ3n) is 2.88. The fourth-order valence-corrected chi connectivity index (χ4v) is 1.97. The molecule has 0 spiro atoms. The Morgan fingerprint density at radius 2 is 2.19 bits per heavy atom. The van der Waals surface area contributed by atoms with E-state index in [0.29, 0.717) is 28.3 Å². The molecule has 2 radical (unpaired) electrons. The maximum atomic E-state index is 10.6. The zero-order chi connectivity index (χ0) is 14.8. The van der Waals surface area contributed by atoms with Crippen LogP contribution in [0.5, 0.6) is 0 Å². The van der Waals surface area contributed by atoms with E-state index in [1.807, 2.05) is 6.07 Å². The van der Waals surface area contributed by atoms with Crippen molar-refractivity contribution >= 4 is 41.8 Å². The summed E-state index contributed by atoms with van der Waals surface area (Å²) < 4.78 is 0. The third-order valence-corrected chi connectivity index (χ3v) is 2.88. The molecule has 3 rings (SSSR count). The third kappa shape index (κ3) is 2.83. The molecule has 3 aromatic rings. The monoisotopic (exact) mass is 279 g/mol. The molecule has 1 aromatic carbocycles. The molecule has 0 aliphatic carbocycles. The summed E-state index contributed by atoms with van der Waals surface area (Å²) in [5.41, 5.74) is 1.84. The molecular weight excluding hydrogens is 269 g/mol. The second kappa shape index (κ2) is 5.24. The average molecular weight is 279 g/mol. The zero-order valence-electron chi connectivity index (χ0n) is 10.9. The predicted molar refractivity (Wildman–Crippen MR) is 78.1 cm³/mol. The first-order valence-corrected chi connectivity index (χ1v) is 6.15. The van der Waals surface area contributed by atoms with Crippen LogP contribution >= 0.6 is 0 Å². The number of benzene rings is 1. The molecule has 3 N–H and O–H groups in total. The number of carboxylic acids is 1. The van der Waals surface area contributed by atoms with Gasteiger partial charge in [0.05, 0.1) is 11.9 Å². The fraction of sp³-hybridized carbons (Fsp3) is 0.0769. The van der Waals surface area contributed by atoms with Gasteiger partial charge < -0.3 is 10.4 Å². The van der Waals surface area contributed by atoms with Gasteiger partial charge in [-0.15, -0.1) is 0 Å². The lowest BCUT2D eigenvalue weighted by molar-refractivity contribution is -0.136. The number of H-pyrrole nitrogens is 1. The van der Waals surface area contributed by atoms with Gasteiger partial charge >= 0.3 is 5.97 Å². The van der Waals surface area contributed by atoms with Crippen molar-refractivity contribution in [3.05, 3.63) is 36.3 Å². The minimum absolute atomic E-state index is 0.115. The Labute approximate surface area is 120 Å². The van der Waals surface area contributed by atoms with E-state index in [0.717, 1.165) is 5.39 Å². The number of hydrogen-bond acceptors (Lipinski definition) is 5. The Kier molecular flexibility index (Phi) is 3.27. The molecule has 2 aromatic heterocycles. The largest absolute Gasteiger partial charge is 0.481 e. The van der Waals surface area contributed by atoms with Crippen molar-refractivity contribution in [2.75, 3.05) is 5.32 Å². The second-order valence-corrected chi connectivity index (χ2v) is 4.47. The highest BCUT2D eigenvalue weighted by Crippen LogP contribution is 2.21. The number of hydrogen-bond donors (Lipinski definition) is 3. The first-order chi connectivity index (χ1) is 10.1. The highest BCUT2D eigenvalue weighted by atomic mass is 16.4. The number of fused-ring (bicyclic) bond motifs is 1. The number of carboxylic acid groups (broad SMARTS) is 1. The molecule has 0 aliphatic rings. The number of nitrogens with zero attached hydrogens (tertiary/aromatic N) is 3. The van der Waals surface area contributed by atoms with Crippen molar-refractivity contribution in [2.45, 2.75) is 6.42 Å². The first kappa shape index (κ1) is 13.1. The number of anilines is 2. The van der Waals surface area contributed by atoms with Crippen LogP contribution in [0.4, 0.5) is 11.6 Å². The van der Waals surface area contributed by atoms with Gasteiger partial charge in [0.15, 0.2) is 5.82 Å². The highest BCUT2D eigenvalue weighted by Gasteiger charge is 2.08. The quantitative estimate of drug-likeness (QED) is 0.601. The summed E-state index contributed by atoms with van der Waals surface area (Å²) in [6.45, 7) is 0. The van der Waals surface area contributed by atoms with Crippen molar-refractivity contribution in [1.82, 2.24) is 20.2 Å². The Morgan fingerprint density at radius 1 is 1.33 bits per heavy atom. The standard InChI is InChI=1S/C13H10BN5O2/c14-7-1-2-9-10(3-7)15-6-16-13(9)17-11-4-8(18-19-11)5-12(20)21/h1-4,6H,5H2,(H,20,21)(H2,15,16,17,18,19). The fourth-order valence-electron chi connectivity index (χ4n) is 1.97. The van der Waals surface area contributed by atoms with Crippen molar-refractivity contribution in [3.8, 4) is 0 Å². The minimum Gasteiger partial charge on any atom is -0.481 e. The molecule has 21 heavy (non-hydrogen) atoms. The maximum absolute atomic E-state index is 10.6. The van der Waals surface area contributed by atoms with Crippen molar-refractivity contribution in [1.29, 1.82) is 0 Å². The lowest BCUT2D eigenvalue weighted by Crippen LogP contribution is -2.03. The number of carbonyl (C=O) groups is 1. The Hall–Kier alpha value is -2.90. The normalized spacial score (nSPS) is 10.7. The molecule has 0 atom stereocenters. The van der Waals surface area contributed by atoms with Crippen LogP contribution in [0.25, 0.3) is 10.9 Å². The molecule has 8 heteroatoms. The van der Waals surface area contributed by atoms with Gasteiger partial charge in [0.2, 0.25) is 0 Å². The van der Waals surface area contributed by atoms with Gasteiger partial charge in [0.25, 0.3) is 0 Å². The summed E-state index contributed by atoms with van der Waals surface area (Å²) in [6.07, 6.45) is 1.31. The highest BCUT2D eigenvalue weighted by molar-refractivity contribution is 6.33. The minimum atomic E-state index is -0.923. The number of nitrogens with one attached hydrogen (secondary N) is 2. The summed E-state index contributed by atoms with van der Waals surface area (Å²) in [7, 11) is 5.72. The first-order valence-electron chi connectivity index (χ1n) is 6.15. The SMILES string of the molecule is [B]c1ccc2c(Nc3cc(CC(=O)O)[nH]n3)ncnc2c1. The number of rotatable bonds is 4. The molecule has 0 aliphatic heterocycles. The van der Waals surface area contributed by atoms with Crippen LogP contribution in [0.15, 0.2) is 30.6 Å². The summed E-state index contributed by atoms with van der Waals surface area (Å²) in [6, 6.07) is 6.96. The molecule has 0 unspecified atom stereocenters. The Balaban J connectivity index is 1.91. The van der Waals surface area contributed by atoms with Gasteiger partial charge in [-0.2, -0.15) is 5.10 Å². The van der Waals surface area contributed by atoms with Gasteiger partial charge in [-0.25, -0.2) is 9.97 Å². The molecule has 7 nitrogen and oxygen atoms in total. The molecule has 102 valence electrons. The van der Waals surface area contributed by atoms with Gasteiger partial charge in [-0.05, 0) is 12.1 Å². The van der Waals surface area contributed by atoms with Crippen LogP contribution in [0.1, 0.15) is 5.69 Å². The summed E-state index contributed by atoms with van der Waals surface area (Å²) in [5, 5.41) is 19.2. The molecule has 0 amide bonds. The summed E-state index contributed by atoms with van der Waals surface area (Å²) in [5.74, 6) is 0.143. The van der Waals surface area contributed by atoms with E-state index in [4.69, 9.17) is 13.0 Å². The average Bonchev–Trinajstić information content (AvgIpc) is 2.85. The molecular formula is C13H10BN5O2. The maximum Gasteiger partial charge on any atom is 0.309 e. The Bertz CT molecular complexity index is 817. The van der Waals surface area contributed by atoms with E-state index in [1.54, 1.807) is 18.2 Å². The van der Waals surface area contributed by atoms with Crippen molar-refractivity contribution in [3.63, 3.8) is 0 Å². The van der Waals surface area contributed by atoms with Crippen LogP contribution in [-0.4, -0.2) is 39.1 Å². The zero-order valence-corrected chi connectivity index (χ0v) is 10.9. The van der Waals surface area contributed by atoms with E-state index in [2.05, 4.69) is 25.5 Å². The van der Waals surface area contributed by atoms with E-state index in [9.17, 15) is 4.79 Å². The molecule has 0 saturated heterocycles. The number of aromatic amines is 1. The second-order valence-electron chi connectivity index (χ2n) is 4.47. The lowest BCUT2D eigenvalue weighted by Gasteiger charge is -2.06. The van der Waals surface area contributed by atoms with Gasteiger partial charge in [-0.1, -0.05) is 11.5 Å². The smallest absolute Gasteiger partial charge is 0.309 e. The van der Waals surface area contributed by atoms with Crippen LogP contribution in [0.2, 0.25) is 0 Å². The molecule has 0 saturated carbocycles. The van der Waals surface area contributed by atoms with Crippen LogP contribution in [0.3, 0.4) is 0 Å².